The fourth-order valence-corrected chi connectivity index (χ4v) is 4.57. The van der Waals surface area contributed by atoms with Crippen molar-refractivity contribution in [1.82, 2.24) is 20.1 Å². The van der Waals surface area contributed by atoms with Crippen LogP contribution < -0.4 is 4.74 Å². The van der Waals surface area contributed by atoms with Crippen LogP contribution in [0.3, 0.4) is 0 Å². The molecule has 6 nitrogen and oxygen atoms in total. The summed E-state index contributed by atoms with van der Waals surface area (Å²) in [5, 5.41) is 7.48. The van der Waals surface area contributed by atoms with Crippen LogP contribution in [-0.2, 0) is 11.2 Å². The van der Waals surface area contributed by atoms with E-state index < -0.39 is 6.67 Å². The van der Waals surface area contributed by atoms with Gasteiger partial charge in [0.15, 0.2) is 5.82 Å². The van der Waals surface area contributed by atoms with E-state index in [4.69, 9.17) is 9.72 Å². The summed E-state index contributed by atoms with van der Waals surface area (Å²) in [6, 6.07) is 7.48. The van der Waals surface area contributed by atoms with Crippen molar-refractivity contribution in [3.8, 4) is 5.75 Å². The van der Waals surface area contributed by atoms with Gasteiger partial charge in [-0.15, -0.1) is 0 Å². The van der Waals surface area contributed by atoms with Crippen molar-refractivity contribution < 1.29 is 13.9 Å². The van der Waals surface area contributed by atoms with Crippen LogP contribution in [0.2, 0.25) is 0 Å². The number of hydrogen-bond acceptors (Lipinski definition) is 4. The molecule has 1 aromatic carbocycles. The summed E-state index contributed by atoms with van der Waals surface area (Å²) >= 11 is 0. The van der Waals surface area contributed by atoms with Gasteiger partial charge in [-0.2, -0.15) is 5.10 Å². The zero-order valence-electron chi connectivity index (χ0n) is 16.9. The fraction of sp³-hybridized carbons (Fsp3) is 0.591. The Labute approximate surface area is 170 Å². The first-order chi connectivity index (χ1) is 14.2. The molecule has 1 saturated carbocycles. The van der Waals surface area contributed by atoms with Crippen LogP contribution in [-0.4, -0.2) is 52.9 Å². The highest BCUT2D eigenvalue weighted by Gasteiger charge is 2.38. The lowest BCUT2D eigenvalue weighted by Gasteiger charge is -2.18. The Bertz CT molecular complexity index is 816. The molecule has 29 heavy (non-hydrogen) atoms. The van der Waals surface area contributed by atoms with E-state index in [1.807, 2.05) is 24.3 Å². The number of carbonyl (C=O) groups excluding carboxylic acids is 1. The second kappa shape index (κ2) is 8.93. The number of benzene rings is 1. The van der Waals surface area contributed by atoms with Crippen molar-refractivity contribution >= 4 is 5.91 Å². The van der Waals surface area contributed by atoms with E-state index in [1.54, 1.807) is 12.0 Å². The van der Waals surface area contributed by atoms with Crippen molar-refractivity contribution in [3.05, 3.63) is 41.5 Å². The molecule has 1 aliphatic heterocycles. The van der Waals surface area contributed by atoms with Gasteiger partial charge in [0.1, 0.15) is 11.6 Å². The van der Waals surface area contributed by atoms with E-state index in [9.17, 15) is 9.18 Å². The summed E-state index contributed by atoms with van der Waals surface area (Å²) in [4.78, 5) is 19.3. The number of nitrogens with zero attached hydrogens (tertiary/aromatic N) is 3. The molecule has 2 heterocycles. The number of likely N-dealkylation sites (tertiary alicyclic amines) is 1. The second-order valence-corrected chi connectivity index (χ2v) is 8.26. The maximum absolute atomic E-state index is 13.7. The third-order valence-electron chi connectivity index (χ3n) is 6.35. The second-order valence-electron chi connectivity index (χ2n) is 8.26. The van der Waals surface area contributed by atoms with Crippen molar-refractivity contribution in [2.45, 2.75) is 50.4 Å². The summed E-state index contributed by atoms with van der Waals surface area (Å²) in [5.41, 5.74) is 0.926. The molecule has 4 rings (SSSR count). The number of nitrogens with one attached hydrogen (secondary N) is 1. The number of halogens is 1. The molecule has 0 radical (unpaired) electrons. The van der Waals surface area contributed by atoms with E-state index in [-0.39, 0.29) is 17.7 Å². The normalized spacial score (nSPS) is 22.8. The Morgan fingerprint density at radius 2 is 1.97 bits per heavy atom. The maximum Gasteiger partial charge on any atom is 0.227 e. The van der Waals surface area contributed by atoms with Crippen molar-refractivity contribution in [2.24, 2.45) is 5.92 Å². The predicted octanol–water partition coefficient (Wildman–Crippen LogP) is 3.62. The van der Waals surface area contributed by atoms with Crippen LogP contribution in [0.4, 0.5) is 4.39 Å². The lowest BCUT2D eigenvalue weighted by Crippen LogP contribution is -2.30. The van der Waals surface area contributed by atoms with Crippen LogP contribution in [0.5, 0.6) is 5.75 Å². The summed E-state index contributed by atoms with van der Waals surface area (Å²) in [7, 11) is 1.62. The molecule has 1 aliphatic carbocycles. The summed E-state index contributed by atoms with van der Waals surface area (Å²) < 4.78 is 18.9. The van der Waals surface area contributed by atoms with Crippen LogP contribution >= 0.6 is 0 Å². The number of carbonyl (C=O) groups is 1. The Kier molecular flexibility index (Phi) is 6.11. The van der Waals surface area contributed by atoms with Gasteiger partial charge in [0.05, 0.1) is 20.2 Å². The van der Waals surface area contributed by atoms with Gasteiger partial charge in [-0.1, -0.05) is 31.4 Å². The van der Waals surface area contributed by atoms with Crippen LogP contribution in [0.15, 0.2) is 24.3 Å². The molecule has 156 valence electrons. The molecule has 1 amide bonds. The molecular formula is C22H29FN4O2. The molecule has 1 N–H and O–H groups in total. The van der Waals surface area contributed by atoms with Gasteiger partial charge in [0.2, 0.25) is 5.91 Å². The molecule has 2 atom stereocenters. The highest BCUT2D eigenvalue weighted by Crippen LogP contribution is 2.34. The largest absolute Gasteiger partial charge is 0.497 e. The quantitative estimate of drug-likeness (QED) is 0.804. The van der Waals surface area contributed by atoms with Gasteiger partial charge in [-0.3, -0.25) is 14.3 Å². The van der Waals surface area contributed by atoms with Crippen molar-refractivity contribution in [1.29, 1.82) is 0 Å². The lowest BCUT2D eigenvalue weighted by atomic mass is 9.89. The molecule has 1 aromatic heterocycles. The third kappa shape index (κ3) is 4.43. The van der Waals surface area contributed by atoms with E-state index in [0.717, 1.165) is 35.8 Å². The topological polar surface area (TPSA) is 71.1 Å². The van der Waals surface area contributed by atoms with Gasteiger partial charge in [0.25, 0.3) is 0 Å². The van der Waals surface area contributed by atoms with Crippen molar-refractivity contribution in [3.63, 3.8) is 0 Å². The number of alkyl halides is 1. The summed E-state index contributed by atoms with van der Waals surface area (Å²) in [6.45, 7) is 0.453. The van der Waals surface area contributed by atoms with Gasteiger partial charge in [-0.05, 0) is 30.5 Å². The standard InChI is InChI=1S/C22H29FN4O2/c1-29-18-9-7-15(8-10-18)11-20(28)27-13-17(12-23)19(14-27)22-24-21(25-26-22)16-5-3-2-4-6-16/h7-10,16-17,19H,2-6,11-14H2,1H3,(H,24,25,26)/t17-,19-/m1/s1. The minimum absolute atomic E-state index is 0.0168. The lowest BCUT2D eigenvalue weighted by molar-refractivity contribution is -0.129. The predicted molar refractivity (Wildman–Crippen MR) is 108 cm³/mol. The monoisotopic (exact) mass is 400 g/mol. The molecule has 0 spiro atoms. The number of aromatic nitrogens is 3. The summed E-state index contributed by atoms with van der Waals surface area (Å²) in [6.07, 6.45) is 6.28. The molecule has 2 aliphatic rings. The Morgan fingerprint density at radius 3 is 2.66 bits per heavy atom. The molecule has 7 heteroatoms. The SMILES string of the molecule is COc1ccc(CC(=O)N2C[C@@H](CF)[C@H](c3nc(C4CCCCC4)n[nH]3)C2)cc1. The minimum Gasteiger partial charge on any atom is -0.497 e. The van der Waals surface area contributed by atoms with E-state index in [2.05, 4.69) is 10.2 Å². The van der Waals surface area contributed by atoms with Crippen molar-refractivity contribution in [2.75, 3.05) is 26.9 Å². The van der Waals surface area contributed by atoms with Gasteiger partial charge >= 0.3 is 0 Å². The highest BCUT2D eigenvalue weighted by atomic mass is 19.1. The van der Waals surface area contributed by atoms with E-state index >= 15 is 0 Å². The minimum atomic E-state index is -0.462. The number of methoxy groups -OCH3 is 1. The average Bonchev–Trinajstić information content (AvgIpc) is 3.42. The number of amides is 1. The Morgan fingerprint density at radius 1 is 1.21 bits per heavy atom. The molecule has 2 aromatic rings. The third-order valence-corrected chi connectivity index (χ3v) is 6.35. The van der Waals surface area contributed by atoms with Crippen LogP contribution in [0.25, 0.3) is 0 Å². The van der Waals surface area contributed by atoms with Gasteiger partial charge < -0.3 is 9.64 Å². The molecule has 0 bridgehead atoms. The van der Waals surface area contributed by atoms with Crippen LogP contribution in [0.1, 0.15) is 61.2 Å². The van der Waals surface area contributed by atoms with Crippen LogP contribution in [0, 0.1) is 5.92 Å². The van der Waals surface area contributed by atoms with E-state index in [1.165, 1.54) is 19.3 Å². The van der Waals surface area contributed by atoms with E-state index in [0.29, 0.717) is 25.4 Å². The zero-order chi connectivity index (χ0) is 20.2. The average molecular weight is 400 g/mol. The molecular weight excluding hydrogens is 371 g/mol. The molecule has 2 fully saturated rings. The smallest absolute Gasteiger partial charge is 0.227 e. The highest BCUT2D eigenvalue weighted by molar-refractivity contribution is 5.79. The Balaban J connectivity index is 1.41. The van der Waals surface area contributed by atoms with Gasteiger partial charge in [-0.25, -0.2) is 4.98 Å². The fourth-order valence-electron chi connectivity index (χ4n) is 4.57. The first kappa shape index (κ1) is 19.9. The first-order valence-corrected chi connectivity index (χ1v) is 10.6. The number of aromatic amines is 1. The zero-order valence-corrected chi connectivity index (χ0v) is 16.9. The van der Waals surface area contributed by atoms with Gasteiger partial charge in [0, 0.05) is 30.8 Å². The number of hydrogen-bond donors (Lipinski definition) is 1. The number of ether oxygens (including phenoxy) is 1. The maximum atomic E-state index is 13.7. The Hall–Kier alpha value is -2.44. The molecule has 1 saturated heterocycles. The summed E-state index contributed by atoms with van der Waals surface area (Å²) in [5.74, 6) is 2.42. The molecule has 0 unspecified atom stereocenters. The first-order valence-electron chi connectivity index (χ1n) is 10.6. The number of rotatable bonds is 6. The number of H-pyrrole nitrogens is 1.